The van der Waals surface area contributed by atoms with Crippen molar-refractivity contribution in [1.82, 2.24) is 10.2 Å². The zero-order valence-electron chi connectivity index (χ0n) is 12.1. The molecule has 0 bridgehead atoms. The van der Waals surface area contributed by atoms with Crippen LogP contribution in [0.15, 0.2) is 24.3 Å². The predicted octanol–water partition coefficient (Wildman–Crippen LogP) is 3.39. The molecule has 0 unspecified atom stereocenters. The molecule has 0 spiro atoms. The second kappa shape index (κ2) is 7.65. The Morgan fingerprint density at radius 2 is 2.00 bits per heavy atom. The molecule has 0 aliphatic carbocycles. The van der Waals surface area contributed by atoms with Crippen LogP contribution in [0.3, 0.4) is 0 Å². The summed E-state index contributed by atoms with van der Waals surface area (Å²) in [6, 6.07) is 7.90. The molecule has 1 atom stereocenters. The van der Waals surface area contributed by atoms with Crippen molar-refractivity contribution in [2.75, 3.05) is 19.6 Å². The van der Waals surface area contributed by atoms with E-state index in [1.54, 1.807) is 0 Å². The zero-order chi connectivity index (χ0) is 14.4. The first-order valence-electron chi connectivity index (χ1n) is 7.43. The summed E-state index contributed by atoms with van der Waals surface area (Å²) in [4.78, 5) is 14.2. The van der Waals surface area contributed by atoms with Gasteiger partial charge in [0.05, 0.1) is 6.54 Å². The van der Waals surface area contributed by atoms with Gasteiger partial charge in [-0.15, -0.1) is 0 Å². The quantitative estimate of drug-likeness (QED) is 0.923. The molecule has 1 amide bonds. The number of carbonyl (C=O) groups excluding carboxylic acids is 1. The standard InChI is InChI=1S/C16H23ClN2O/c1-13(14-7-6-8-15(17)11-14)18-12-16(20)19-9-4-2-3-5-10-19/h6-8,11,13,18H,2-5,9-10,12H2,1H3/t13-/m1/s1. The van der Waals surface area contributed by atoms with Gasteiger partial charge in [0, 0.05) is 24.2 Å². The molecule has 0 aromatic heterocycles. The van der Waals surface area contributed by atoms with E-state index in [0.29, 0.717) is 6.54 Å². The number of halogens is 1. The van der Waals surface area contributed by atoms with E-state index in [0.717, 1.165) is 36.5 Å². The first-order chi connectivity index (χ1) is 9.66. The lowest BCUT2D eigenvalue weighted by Crippen LogP contribution is -2.39. The zero-order valence-corrected chi connectivity index (χ0v) is 12.8. The average molecular weight is 295 g/mol. The summed E-state index contributed by atoms with van der Waals surface area (Å²) in [7, 11) is 0. The maximum Gasteiger partial charge on any atom is 0.236 e. The smallest absolute Gasteiger partial charge is 0.236 e. The maximum atomic E-state index is 12.2. The Balaban J connectivity index is 1.83. The summed E-state index contributed by atoms with van der Waals surface area (Å²) in [5.41, 5.74) is 1.11. The van der Waals surface area contributed by atoms with Crippen molar-refractivity contribution < 1.29 is 4.79 Å². The van der Waals surface area contributed by atoms with E-state index in [1.165, 1.54) is 12.8 Å². The summed E-state index contributed by atoms with van der Waals surface area (Å²) in [5, 5.41) is 4.03. The molecule has 1 aliphatic rings. The highest BCUT2D eigenvalue weighted by Crippen LogP contribution is 2.17. The Kier molecular flexibility index (Phi) is 5.86. The predicted molar refractivity (Wildman–Crippen MR) is 82.9 cm³/mol. The van der Waals surface area contributed by atoms with Gasteiger partial charge in [0.25, 0.3) is 0 Å². The number of hydrogen-bond donors (Lipinski definition) is 1. The van der Waals surface area contributed by atoms with Crippen molar-refractivity contribution in [3.8, 4) is 0 Å². The molecule has 1 heterocycles. The van der Waals surface area contributed by atoms with Crippen molar-refractivity contribution in [2.24, 2.45) is 0 Å². The van der Waals surface area contributed by atoms with Crippen LogP contribution in [0.25, 0.3) is 0 Å². The monoisotopic (exact) mass is 294 g/mol. The van der Waals surface area contributed by atoms with Gasteiger partial charge in [0.1, 0.15) is 0 Å². The van der Waals surface area contributed by atoms with Gasteiger partial charge in [-0.2, -0.15) is 0 Å². The van der Waals surface area contributed by atoms with Crippen molar-refractivity contribution >= 4 is 17.5 Å². The number of rotatable bonds is 4. The Labute approximate surface area is 126 Å². The van der Waals surface area contributed by atoms with Crippen LogP contribution < -0.4 is 5.32 Å². The molecule has 110 valence electrons. The van der Waals surface area contributed by atoms with Gasteiger partial charge in [0.15, 0.2) is 0 Å². The van der Waals surface area contributed by atoms with Gasteiger partial charge in [-0.1, -0.05) is 36.6 Å². The average Bonchev–Trinajstić information content (AvgIpc) is 2.73. The van der Waals surface area contributed by atoms with E-state index < -0.39 is 0 Å². The van der Waals surface area contributed by atoms with Crippen molar-refractivity contribution in [2.45, 2.75) is 38.6 Å². The molecular weight excluding hydrogens is 272 g/mol. The molecule has 20 heavy (non-hydrogen) atoms. The van der Waals surface area contributed by atoms with E-state index in [4.69, 9.17) is 11.6 Å². The highest BCUT2D eigenvalue weighted by Gasteiger charge is 2.16. The molecule has 2 rings (SSSR count). The van der Waals surface area contributed by atoms with E-state index in [-0.39, 0.29) is 11.9 Å². The molecule has 0 saturated carbocycles. The fraction of sp³-hybridized carbons (Fsp3) is 0.562. The Morgan fingerprint density at radius 1 is 1.30 bits per heavy atom. The molecule has 1 aliphatic heterocycles. The summed E-state index contributed by atoms with van der Waals surface area (Å²) in [6.07, 6.45) is 4.76. The van der Waals surface area contributed by atoms with Gasteiger partial charge < -0.3 is 10.2 Å². The first kappa shape index (κ1) is 15.3. The second-order valence-corrected chi connectivity index (χ2v) is 5.89. The number of nitrogens with one attached hydrogen (secondary N) is 1. The summed E-state index contributed by atoms with van der Waals surface area (Å²) in [5.74, 6) is 0.209. The van der Waals surface area contributed by atoms with Crippen LogP contribution >= 0.6 is 11.6 Å². The Morgan fingerprint density at radius 3 is 2.65 bits per heavy atom. The summed E-state index contributed by atoms with van der Waals surface area (Å²) in [6.45, 7) is 4.27. The minimum atomic E-state index is 0.129. The lowest BCUT2D eigenvalue weighted by Gasteiger charge is -2.22. The van der Waals surface area contributed by atoms with E-state index in [2.05, 4.69) is 12.2 Å². The normalized spacial score (nSPS) is 17.6. The van der Waals surface area contributed by atoms with Crippen LogP contribution in [0.5, 0.6) is 0 Å². The van der Waals surface area contributed by atoms with Gasteiger partial charge in [-0.3, -0.25) is 4.79 Å². The third kappa shape index (κ3) is 4.50. The number of benzene rings is 1. The largest absolute Gasteiger partial charge is 0.342 e. The lowest BCUT2D eigenvalue weighted by molar-refractivity contribution is -0.130. The van der Waals surface area contributed by atoms with Crippen LogP contribution in [0.1, 0.15) is 44.2 Å². The topological polar surface area (TPSA) is 32.3 Å². The number of likely N-dealkylation sites (tertiary alicyclic amines) is 1. The maximum absolute atomic E-state index is 12.2. The molecule has 1 aromatic carbocycles. The van der Waals surface area contributed by atoms with Crippen molar-refractivity contribution in [3.63, 3.8) is 0 Å². The number of carbonyl (C=O) groups is 1. The van der Waals surface area contributed by atoms with Gasteiger partial charge in [-0.25, -0.2) is 0 Å². The molecule has 4 heteroatoms. The van der Waals surface area contributed by atoms with Crippen LogP contribution in [0.2, 0.25) is 5.02 Å². The fourth-order valence-electron chi connectivity index (χ4n) is 2.57. The first-order valence-corrected chi connectivity index (χ1v) is 7.81. The Bertz CT molecular complexity index is 442. The lowest BCUT2D eigenvalue weighted by atomic mass is 10.1. The summed E-state index contributed by atoms with van der Waals surface area (Å²) < 4.78 is 0. The second-order valence-electron chi connectivity index (χ2n) is 5.45. The number of hydrogen-bond acceptors (Lipinski definition) is 2. The molecule has 1 fully saturated rings. The van der Waals surface area contributed by atoms with Crippen molar-refractivity contribution in [1.29, 1.82) is 0 Å². The minimum Gasteiger partial charge on any atom is -0.342 e. The number of nitrogens with zero attached hydrogens (tertiary/aromatic N) is 1. The Hall–Kier alpha value is -1.06. The van der Waals surface area contributed by atoms with Crippen LogP contribution in [-0.2, 0) is 4.79 Å². The van der Waals surface area contributed by atoms with Crippen LogP contribution in [-0.4, -0.2) is 30.4 Å². The van der Waals surface area contributed by atoms with Crippen LogP contribution in [0, 0.1) is 0 Å². The summed E-state index contributed by atoms with van der Waals surface area (Å²) >= 11 is 5.99. The highest BCUT2D eigenvalue weighted by molar-refractivity contribution is 6.30. The SMILES string of the molecule is C[C@@H](NCC(=O)N1CCCCCC1)c1cccc(Cl)c1. The molecule has 1 saturated heterocycles. The molecular formula is C16H23ClN2O. The van der Waals surface area contributed by atoms with Gasteiger partial charge in [0.2, 0.25) is 5.91 Å². The van der Waals surface area contributed by atoms with Crippen LogP contribution in [0.4, 0.5) is 0 Å². The van der Waals surface area contributed by atoms with Gasteiger partial charge in [-0.05, 0) is 37.5 Å². The molecule has 1 N–H and O–H groups in total. The van der Waals surface area contributed by atoms with E-state index in [1.807, 2.05) is 29.2 Å². The molecule has 1 aromatic rings. The molecule has 3 nitrogen and oxygen atoms in total. The van der Waals surface area contributed by atoms with Gasteiger partial charge >= 0.3 is 0 Å². The van der Waals surface area contributed by atoms with E-state index >= 15 is 0 Å². The van der Waals surface area contributed by atoms with E-state index in [9.17, 15) is 4.79 Å². The highest BCUT2D eigenvalue weighted by atomic mass is 35.5. The third-order valence-electron chi connectivity index (χ3n) is 3.87. The molecule has 0 radical (unpaired) electrons. The fourth-order valence-corrected chi connectivity index (χ4v) is 2.76. The third-order valence-corrected chi connectivity index (χ3v) is 4.10. The minimum absolute atomic E-state index is 0.129. The number of amides is 1. The van der Waals surface area contributed by atoms with Crippen molar-refractivity contribution in [3.05, 3.63) is 34.9 Å².